The molecule has 1 N–H and O–H groups in total. The first-order valence-corrected chi connectivity index (χ1v) is 4.50. The molecule has 0 aliphatic carbocycles. The molecule has 1 aromatic heterocycles. The standard InChI is InChI=1S/C8H9BrN2/c9-7-2-4-11-8-5-10-3-1-6(7)8/h2,4,10H,1,3,5H2. The quantitative estimate of drug-likeness (QED) is 0.706. The zero-order chi connectivity index (χ0) is 7.68. The van der Waals surface area contributed by atoms with Crippen LogP contribution in [0.5, 0.6) is 0 Å². The van der Waals surface area contributed by atoms with Crippen LogP contribution in [-0.2, 0) is 13.0 Å². The third-order valence-corrected chi connectivity index (χ3v) is 2.68. The molecular formula is C8H9BrN2. The molecule has 2 rings (SSSR count). The molecule has 0 fully saturated rings. The SMILES string of the molecule is Brc1ccnc2c1CCNC2. The molecule has 2 nitrogen and oxygen atoms in total. The van der Waals surface area contributed by atoms with Crippen molar-refractivity contribution in [3.63, 3.8) is 0 Å². The number of hydrogen-bond acceptors (Lipinski definition) is 2. The Kier molecular flexibility index (Phi) is 1.92. The minimum atomic E-state index is 0.911. The van der Waals surface area contributed by atoms with Crippen LogP contribution in [0.15, 0.2) is 16.7 Å². The maximum absolute atomic E-state index is 4.29. The number of hydrogen-bond donors (Lipinski definition) is 1. The molecule has 0 unspecified atom stereocenters. The Balaban J connectivity index is 2.49. The van der Waals surface area contributed by atoms with E-state index in [1.165, 1.54) is 15.7 Å². The molecule has 0 atom stereocenters. The number of fused-ring (bicyclic) bond motifs is 1. The smallest absolute Gasteiger partial charge is 0.0585 e. The van der Waals surface area contributed by atoms with Crippen LogP contribution >= 0.6 is 15.9 Å². The van der Waals surface area contributed by atoms with Crippen molar-refractivity contribution in [2.24, 2.45) is 0 Å². The first-order valence-electron chi connectivity index (χ1n) is 3.71. The molecule has 0 saturated carbocycles. The lowest BCUT2D eigenvalue weighted by molar-refractivity contribution is 0.625. The van der Waals surface area contributed by atoms with Crippen molar-refractivity contribution in [3.8, 4) is 0 Å². The van der Waals surface area contributed by atoms with E-state index in [1.54, 1.807) is 0 Å². The molecule has 3 heteroatoms. The number of nitrogens with zero attached hydrogens (tertiary/aromatic N) is 1. The summed E-state index contributed by atoms with van der Waals surface area (Å²) in [6, 6.07) is 2.00. The number of halogens is 1. The van der Waals surface area contributed by atoms with Crippen LogP contribution in [0.1, 0.15) is 11.3 Å². The lowest BCUT2D eigenvalue weighted by Gasteiger charge is -2.16. The molecule has 58 valence electrons. The van der Waals surface area contributed by atoms with E-state index >= 15 is 0 Å². The van der Waals surface area contributed by atoms with E-state index in [-0.39, 0.29) is 0 Å². The Hall–Kier alpha value is -0.410. The van der Waals surface area contributed by atoms with Crippen molar-refractivity contribution in [2.75, 3.05) is 6.54 Å². The van der Waals surface area contributed by atoms with Crippen molar-refractivity contribution >= 4 is 15.9 Å². The first kappa shape index (κ1) is 7.25. The lowest BCUT2D eigenvalue weighted by Crippen LogP contribution is -2.24. The Morgan fingerprint density at radius 2 is 2.45 bits per heavy atom. The van der Waals surface area contributed by atoms with E-state index in [1.807, 2.05) is 12.3 Å². The molecule has 0 radical (unpaired) electrons. The van der Waals surface area contributed by atoms with Crippen LogP contribution in [0.25, 0.3) is 0 Å². The van der Waals surface area contributed by atoms with Crippen molar-refractivity contribution < 1.29 is 0 Å². The van der Waals surface area contributed by atoms with Crippen molar-refractivity contribution in [1.82, 2.24) is 10.3 Å². The number of pyridine rings is 1. The molecule has 11 heavy (non-hydrogen) atoms. The monoisotopic (exact) mass is 212 g/mol. The molecule has 0 aromatic carbocycles. The summed E-state index contributed by atoms with van der Waals surface area (Å²) < 4.78 is 1.20. The Morgan fingerprint density at radius 1 is 1.55 bits per heavy atom. The summed E-state index contributed by atoms with van der Waals surface area (Å²) in [6.07, 6.45) is 2.93. The molecule has 1 aromatic rings. The number of rotatable bonds is 0. The van der Waals surface area contributed by atoms with Crippen molar-refractivity contribution in [3.05, 3.63) is 28.0 Å². The van der Waals surface area contributed by atoms with Crippen LogP contribution in [0.4, 0.5) is 0 Å². The zero-order valence-corrected chi connectivity index (χ0v) is 7.69. The highest BCUT2D eigenvalue weighted by Crippen LogP contribution is 2.20. The second-order valence-electron chi connectivity index (χ2n) is 2.64. The van der Waals surface area contributed by atoms with Gasteiger partial charge in [-0.1, -0.05) is 15.9 Å². The van der Waals surface area contributed by atoms with Gasteiger partial charge in [0.25, 0.3) is 0 Å². The highest BCUT2D eigenvalue weighted by atomic mass is 79.9. The van der Waals surface area contributed by atoms with E-state index in [2.05, 4.69) is 26.2 Å². The predicted octanol–water partition coefficient (Wildman–Crippen LogP) is 1.49. The molecule has 0 amide bonds. The fraction of sp³-hybridized carbons (Fsp3) is 0.375. The predicted molar refractivity (Wildman–Crippen MR) is 47.3 cm³/mol. The third kappa shape index (κ3) is 1.30. The second-order valence-corrected chi connectivity index (χ2v) is 3.50. The zero-order valence-electron chi connectivity index (χ0n) is 6.10. The average Bonchev–Trinajstić information content (AvgIpc) is 2.06. The minimum Gasteiger partial charge on any atom is -0.311 e. The largest absolute Gasteiger partial charge is 0.311 e. The summed E-state index contributed by atoms with van der Waals surface area (Å²) in [5.41, 5.74) is 2.55. The van der Waals surface area contributed by atoms with Crippen LogP contribution in [0.3, 0.4) is 0 Å². The summed E-state index contributed by atoms with van der Waals surface area (Å²) >= 11 is 3.51. The van der Waals surface area contributed by atoms with Gasteiger partial charge in [0.1, 0.15) is 0 Å². The normalized spacial score (nSPS) is 16.1. The van der Waals surface area contributed by atoms with Crippen LogP contribution in [0.2, 0.25) is 0 Å². The Morgan fingerprint density at radius 3 is 3.27 bits per heavy atom. The highest BCUT2D eigenvalue weighted by Gasteiger charge is 2.11. The van der Waals surface area contributed by atoms with Gasteiger partial charge in [0.15, 0.2) is 0 Å². The van der Waals surface area contributed by atoms with Gasteiger partial charge in [-0.25, -0.2) is 0 Å². The summed E-state index contributed by atoms with van der Waals surface area (Å²) in [5.74, 6) is 0. The number of aromatic nitrogens is 1. The lowest BCUT2D eigenvalue weighted by atomic mass is 10.1. The summed E-state index contributed by atoms with van der Waals surface area (Å²) in [6.45, 7) is 1.98. The van der Waals surface area contributed by atoms with Gasteiger partial charge in [-0.3, -0.25) is 4.98 Å². The molecule has 0 spiro atoms. The minimum absolute atomic E-state index is 0.911. The van der Waals surface area contributed by atoms with E-state index in [4.69, 9.17) is 0 Å². The molecule has 0 bridgehead atoms. The molecule has 1 aliphatic heterocycles. The molecule has 2 heterocycles. The van der Waals surface area contributed by atoms with Gasteiger partial charge >= 0.3 is 0 Å². The van der Waals surface area contributed by atoms with Gasteiger partial charge in [-0.2, -0.15) is 0 Å². The van der Waals surface area contributed by atoms with Crippen LogP contribution in [-0.4, -0.2) is 11.5 Å². The van der Waals surface area contributed by atoms with Crippen LogP contribution < -0.4 is 5.32 Å². The van der Waals surface area contributed by atoms with Gasteiger partial charge in [-0.15, -0.1) is 0 Å². The van der Waals surface area contributed by atoms with Crippen molar-refractivity contribution in [2.45, 2.75) is 13.0 Å². The molecule has 1 aliphatic rings. The third-order valence-electron chi connectivity index (χ3n) is 1.93. The maximum atomic E-state index is 4.29. The fourth-order valence-electron chi connectivity index (χ4n) is 1.35. The summed E-state index contributed by atoms with van der Waals surface area (Å²) in [4.78, 5) is 4.29. The second kappa shape index (κ2) is 2.91. The molecular weight excluding hydrogens is 204 g/mol. The Bertz CT molecular complexity index is 273. The van der Waals surface area contributed by atoms with Crippen LogP contribution in [0, 0.1) is 0 Å². The van der Waals surface area contributed by atoms with Gasteiger partial charge < -0.3 is 5.32 Å². The van der Waals surface area contributed by atoms with E-state index in [0.29, 0.717) is 0 Å². The van der Waals surface area contributed by atoms with Gasteiger partial charge in [0.2, 0.25) is 0 Å². The summed E-state index contributed by atoms with van der Waals surface area (Å²) in [7, 11) is 0. The van der Waals surface area contributed by atoms with E-state index in [9.17, 15) is 0 Å². The van der Waals surface area contributed by atoms with E-state index < -0.39 is 0 Å². The summed E-state index contributed by atoms with van der Waals surface area (Å²) in [5, 5.41) is 3.28. The Labute approximate surface area is 74.2 Å². The van der Waals surface area contributed by atoms with Gasteiger partial charge in [0, 0.05) is 17.2 Å². The van der Waals surface area contributed by atoms with Crippen molar-refractivity contribution in [1.29, 1.82) is 0 Å². The van der Waals surface area contributed by atoms with Gasteiger partial charge in [0.05, 0.1) is 5.69 Å². The maximum Gasteiger partial charge on any atom is 0.0585 e. The fourth-order valence-corrected chi connectivity index (χ4v) is 1.89. The highest BCUT2D eigenvalue weighted by molar-refractivity contribution is 9.10. The van der Waals surface area contributed by atoms with E-state index in [0.717, 1.165) is 19.5 Å². The topological polar surface area (TPSA) is 24.9 Å². The van der Waals surface area contributed by atoms with Gasteiger partial charge in [-0.05, 0) is 24.6 Å². The number of nitrogens with one attached hydrogen (secondary N) is 1. The average molecular weight is 213 g/mol. The first-order chi connectivity index (χ1) is 5.38. The molecule has 0 saturated heterocycles.